The van der Waals surface area contributed by atoms with Gasteiger partial charge in [-0.3, -0.25) is 4.79 Å². The van der Waals surface area contributed by atoms with Gasteiger partial charge in [0.1, 0.15) is 11.5 Å². The maximum absolute atomic E-state index is 13.4. The summed E-state index contributed by atoms with van der Waals surface area (Å²) in [6.07, 6.45) is 1.49. The minimum atomic E-state index is -0.582. The van der Waals surface area contributed by atoms with Gasteiger partial charge in [0.2, 0.25) is 5.82 Å². The van der Waals surface area contributed by atoms with Gasteiger partial charge in [0.05, 0.1) is 23.4 Å². The van der Waals surface area contributed by atoms with Gasteiger partial charge in [-0.2, -0.15) is 0 Å². The van der Waals surface area contributed by atoms with Crippen molar-refractivity contribution in [2.45, 2.75) is 32.7 Å². The number of phenolic OH excluding ortho intramolecular Hbond substituents is 2. The van der Waals surface area contributed by atoms with Crippen LogP contribution in [0.1, 0.15) is 46.8 Å². The molecule has 2 heterocycles. The van der Waals surface area contributed by atoms with Crippen molar-refractivity contribution >= 4 is 28.5 Å². The summed E-state index contributed by atoms with van der Waals surface area (Å²) < 4.78 is 5.13. The fourth-order valence-electron chi connectivity index (χ4n) is 4.62. The number of esters is 1. The number of anilines is 1. The first-order chi connectivity index (χ1) is 17.4. The molecule has 0 unspecified atom stereocenters. The number of hydrogen-bond acceptors (Lipinski definition) is 7. The largest absolute Gasteiger partial charge is 0.508 e. The third-order valence-electron chi connectivity index (χ3n) is 6.38. The van der Waals surface area contributed by atoms with Crippen LogP contribution in [0, 0.1) is 0 Å². The number of carbonyl (C=O) groups is 2. The van der Waals surface area contributed by atoms with Gasteiger partial charge in [-0.1, -0.05) is 24.3 Å². The van der Waals surface area contributed by atoms with E-state index >= 15 is 0 Å². The van der Waals surface area contributed by atoms with Crippen LogP contribution in [0.2, 0.25) is 0 Å². The number of aryl methyl sites for hydroxylation is 1. The van der Waals surface area contributed by atoms with Crippen molar-refractivity contribution in [1.82, 2.24) is 9.97 Å². The number of phenols is 2. The van der Waals surface area contributed by atoms with Gasteiger partial charge in [0, 0.05) is 28.7 Å². The predicted octanol–water partition coefficient (Wildman–Crippen LogP) is 4.87. The Morgan fingerprint density at radius 1 is 1.06 bits per heavy atom. The molecule has 1 amide bonds. The molecule has 36 heavy (non-hydrogen) atoms. The zero-order valence-corrected chi connectivity index (χ0v) is 19.9. The quantitative estimate of drug-likeness (QED) is 0.398. The summed E-state index contributed by atoms with van der Waals surface area (Å²) >= 11 is 0. The van der Waals surface area contributed by atoms with Gasteiger partial charge in [0.25, 0.3) is 5.91 Å². The van der Waals surface area contributed by atoms with Gasteiger partial charge >= 0.3 is 5.97 Å². The first-order valence-electron chi connectivity index (χ1n) is 11.8. The van der Waals surface area contributed by atoms with Crippen molar-refractivity contribution in [2.75, 3.05) is 11.5 Å². The maximum Gasteiger partial charge on any atom is 0.376 e. The number of benzene rings is 3. The molecule has 0 bridgehead atoms. The SMILES string of the molecule is CCOC(=O)c1nc(-c2ccc3c(c2)CC[C@H](C)N3C(=O)c2ccc(O)cc2O)c2ccccc2n1. The summed E-state index contributed by atoms with van der Waals surface area (Å²) in [6, 6.07) is 17.1. The van der Waals surface area contributed by atoms with Gasteiger partial charge in [0.15, 0.2) is 0 Å². The van der Waals surface area contributed by atoms with Gasteiger partial charge < -0.3 is 19.8 Å². The Bertz CT molecular complexity index is 1500. The summed E-state index contributed by atoms with van der Waals surface area (Å²) in [5, 5.41) is 20.7. The number of amides is 1. The minimum Gasteiger partial charge on any atom is -0.508 e. The summed E-state index contributed by atoms with van der Waals surface area (Å²) in [4.78, 5) is 36.5. The van der Waals surface area contributed by atoms with Crippen LogP contribution in [-0.4, -0.2) is 44.7 Å². The molecule has 0 saturated heterocycles. The normalized spacial score (nSPS) is 14.9. The smallest absolute Gasteiger partial charge is 0.376 e. The van der Waals surface area contributed by atoms with E-state index < -0.39 is 5.97 Å². The summed E-state index contributed by atoms with van der Waals surface area (Å²) in [5.41, 5.74) is 3.87. The molecule has 8 heteroatoms. The van der Waals surface area contributed by atoms with E-state index in [1.807, 2.05) is 49.4 Å². The molecule has 4 aromatic rings. The second-order valence-electron chi connectivity index (χ2n) is 8.74. The molecule has 0 radical (unpaired) electrons. The fourth-order valence-corrected chi connectivity index (χ4v) is 4.62. The van der Waals surface area contributed by atoms with Crippen LogP contribution in [0.4, 0.5) is 5.69 Å². The number of ether oxygens (including phenoxy) is 1. The molecule has 1 aliphatic heterocycles. The van der Waals surface area contributed by atoms with E-state index in [9.17, 15) is 19.8 Å². The molecular formula is C28H25N3O5. The monoisotopic (exact) mass is 483 g/mol. The summed E-state index contributed by atoms with van der Waals surface area (Å²) in [7, 11) is 0. The fraction of sp³-hybridized carbons (Fsp3) is 0.214. The van der Waals surface area contributed by atoms with Crippen molar-refractivity contribution in [3.05, 3.63) is 77.6 Å². The number of aromatic hydroxyl groups is 2. The first kappa shape index (κ1) is 23.3. The van der Waals surface area contributed by atoms with E-state index in [4.69, 9.17) is 4.74 Å². The molecule has 1 aliphatic rings. The standard InChI is InChI=1S/C28H25N3O5/c1-3-36-28(35)26-29-22-7-5-4-6-20(22)25(30-26)18-10-13-23-17(14-18)9-8-16(2)31(23)27(34)21-12-11-19(32)15-24(21)33/h4-7,10-16,32-33H,3,8-9H2,1-2H3/t16-/m0/s1. The van der Waals surface area contributed by atoms with Crippen molar-refractivity contribution in [3.63, 3.8) is 0 Å². The highest BCUT2D eigenvalue weighted by molar-refractivity contribution is 6.09. The number of fused-ring (bicyclic) bond motifs is 2. The van der Waals surface area contributed by atoms with E-state index in [0.717, 1.165) is 41.1 Å². The second kappa shape index (κ2) is 9.30. The van der Waals surface area contributed by atoms with E-state index in [2.05, 4.69) is 9.97 Å². The van der Waals surface area contributed by atoms with Crippen LogP contribution in [0.3, 0.4) is 0 Å². The highest BCUT2D eigenvalue weighted by atomic mass is 16.5. The number of rotatable bonds is 4. The lowest BCUT2D eigenvalue weighted by atomic mass is 9.92. The second-order valence-corrected chi connectivity index (χ2v) is 8.74. The van der Waals surface area contributed by atoms with Crippen molar-refractivity contribution < 1.29 is 24.5 Å². The maximum atomic E-state index is 13.4. The van der Waals surface area contributed by atoms with E-state index in [-0.39, 0.29) is 41.4 Å². The zero-order chi connectivity index (χ0) is 25.4. The molecule has 2 N–H and O–H groups in total. The van der Waals surface area contributed by atoms with Crippen LogP contribution in [0.15, 0.2) is 60.7 Å². The summed E-state index contributed by atoms with van der Waals surface area (Å²) in [6.45, 7) is 3.92. The Morgan fingerprint density at radius 3 is 2.64 bits per heavy atom. The highest BCUT2D eigenvalue weighted by Gasteiger charge is 2.31. The molecule has 0 fully saturated rings. The number of para-hydroxylation sites is 1. The topological polar surface area (TPSA) is 113 Å². The lowest BCUT2D eigenvalue weighted by Crippen LogP contribution is -2.42. The molecule has 182 valence electrons. The van der Waals surface area contributed by atoms with E-state index in [0.29, 0.717) is 11.2 Å². The Labute approximate surface area is 207 Å². The number of hydrogen-bond donors (Lipinski definition) is 2. The number of aromatic nitrogens is 2. The summed E-state index contributed by atoms with van der Waals surface area (Å²) in [5.74, 6) is -1.31. The molecule has 1 aromatic heterocycles. The van der Waals surface area contributed by atoms with Gasteiger partial charge in [-0.15, -0.1) is 0 Å². The molecule has 8 nitrogen and oxygen atoms in total. The predicted molar refractivity (Wildman–Crippen MR) is 135 cm³/mol. The van der Waals surface area contributed by atoms with Gasteiger partial charge in [-0.05, 0) is 62.6 Å². The molecule has 5 rings (SSSR count). The Hall–Kier alpha value is -4.46. The molecule has 0 saturated carbocycles. The Morgan fingerprint density at radius 2 is 1.86 bits per heavy atom. The Balaban J connectivity index is 1.59. The average molecular weight is 484 g/mol. The molecule has 3 aromatic carbocycles. The third kappa shape index (κ3) is 4.11. The van der Waals surface area contributed by atoms with Crippen LogP contribution >= 0.6 is 0 Å². The minimum absolute atomic E-state index is 0.00324. The van der Waals surface area contributed by atoms with Crippen molar-refractivity contribution in [3.8, 4) is 22.8 Å². The average Bonchev–Trinajstić information content (AvgIpc) is 2.87. The van der Waals surface area contributed by atoms with Crippen LogP contribution in [0.5, 0.6) is 11.5 Å². The lowest BCUT2D eigenvalue weighted by Gasteiger charge is -2.35. The zero-order valence-electron chi connectivity index (χ0n) is 19.9. The van der Waals surface area contributed by atoms with E-state index in [1.54, 1.807) is 11.8 Å². The lowest BCUT2D eigenvalue weighted by molar-refractivity contribution is 0.0512. The van der Waals surface area contributed by atoms with E-state index in [1.165, 1.54) is 12.1 Å². The molecule has 0 aliphatic carbocycles. The number of carbonyl (C=O) groups excluding carboxylic acids is 2. The molecule has 1 atom stereocenters. The third-order valence-corrected chi connectivity index (χ3v) is 6.38. The molecular weight excluding hydrogens is 458 g/mol. The van der Waals surface area contributed by atoms with Crippen LogP contribution in [0.25, 0.3) is 22.2 Å². The molecule has 0 spiro atoms. The first-order valence-corrected chi connectivity index (χ1v) is 11.8. The van der Waals surface area contributed by atoms with Crippen LogP contribution in [-0.2, 0) is 11.2 Å². The van der Waals surface area contributed by atoms with Crippen LogP contribution < -0.4 is 4.90 Å². The van der Waals surface area contributed by atoms with Gasteiger partial charge in [-0.25, -0.2) is 14.8 Å². The number of nitrogens with zero attached hydrogens (tertiary/aromatic N) is 3. The van der Waals surface area contributed by atoms with Crippen molar-refractivity contribution in [2.24, 2.45) is 0 Å². The highest BCUT2D eigenvalue weighted by Crippen LogP contribution is 2.37. The Kier molecular flexibility index (Phi) is 6.01. The van der Waals surface area contributed by atoms with Crippen molar-refractivity contribution in [1.29, 1.82) is 0 Å².